The highest BCUT2D eigenvalue weighted by molar-refractivity contribution is 8.00. The fourth-order valence-corrected chi connectivity index (χ4v) is 3.39. The molecule has 134 valence electrons. The minimum Gasteiger partial charge on any atom is -0.322 e. The summed E-state index contributed by atoms with van der Waals surface area (Å²) in [4.78, 5) is 16.4. The molecule has 1 aromatic carbocycles. The Balaban J connectivity index is 1.76. The first-order valence-electron chi connectivity index (χ1n) is 7.89. The average molecular weight is 389 g/mol. The molecule has 3 rings (SSSR count). The molecule has 0 saturated carbocycles. The van der Waals surface area contributed by atoms with E-state index < -0.39 is 5.25 Å². The SMILES string of the molecule is Cc1cc(C)cc(-n2nnnc2S[C@H](C)C(=O)Nc2cccnc2Cl)c1. The number of amides is 1. The summed E-state index contributed by atoms with van der Waals surface area (Å²) in [5.74, 6) is -0.208. The maximum Gasteiger partial charge on any atom is 0.237 e. The number of aryl methyl sites for hydroxylation is 2. The van der Waals surface area contributed by atoms with Crippen molar-refractivity contribution in [2.24, 2.45) is 0 Å². The molecule has 1 N–H and O–H groups in total. The van der Waals surface area contributed by atoms with E-state index in [1.54, 1.807) is 29.9 Å². The van der Waals surface area contributed by atoms with Crippen LogP contribution in [0, 0.1) is 13.8 Å². The van der Waals surface area contributed by atoms with Gasteiger partial charge in [-0.05, 0) is 66.6 Å². The first-order valence-corrected chi connectivity index (χ1v) is 9.15. The molecule has 1 atom stereocenters. The van der Waals surface area contributed by atoms with Gasteiger partial charge in [-0.25, -0.2) is 4.98 Å². The van der Waals surface area contributed by atoms with E-state index in [9.17, 15) is 4.79 Å². The molecule has 0 radical (unpaired) electrons. The first-order chi connectivity index (χ1) is 12.4. The highest BCUT2D eigenvalue weighted by atomic mass is 35.5. The van der Waals surface area contributed by atoms with Gasteiger partial charge in [0.05, 0.1) is 16.6 Å². The molecule has 2 heterocycles. The summed E-state index contributed by atoms with van der Waals surface area (Å²) in [6, 6.07) is 9.47. The average Bonchev–Trinajstić information content (AvgIpc) is 3.04. The number of halogens is 1. The summed E-state index contributed by atoms with van der Waals surface area (Å²) >= 11 is 7.25. The molecule has 1 amide bonds. The first kappa shape index (κ1) is 18.3. The number of carbonyl (C=O) groups is 1. The number of tetrazole rings is 1. The molecule has 0 bridgehead atoms. The van der Waals surface area contributed by atoms with Crippen LogP contribution in [0.2, 0.25) is 5.15 Å². The molecule has 2 aromatic heterocycles. The largest absolute Gasteiger partial charge is 0.322 e. The Morgan fingerprint density at radius 1 is 1.27 bits per heavy atom. The number of nitrogens with zero attached hydrogens (tertiary/aromatic N) is 5. The molecule has 3 aromatic rings. The lowest BCUT2D eigenvalue weighted by atomic mass is 10.1. The van der Waals surface area contributed by atoms with Crippen LogP contribution in [-0.2, 0) is 4.79 Å². The van der Waals surface area contributed by atoms with Crippen LogP contribution in [0.1, 0.15) is 18.1 Å². The second kappa shape index (κ2) is 7.84. The number of hydrogen-bond acceptors (Lipinski definition) is 6. The second-order valence-electron chi connectivity index (χ2n) is 5.81. The summed E-state index contributed by atoms with van der Waals surface area (Å²) in [6.45, 7) is 5.81. The number of rotatable bonds is 5. The normalized spacial score (nSPS) is 12.0. The lowest BCUT2D eigenvalue weighted by Gasteiger charge is -2.12. The molecule has 0 aliphatic carbocycles. The van der Waals surface area contributed by atoms with Crippen molar-refractivity contribution in [3.05, 3.63) is 52.8 Å². The third-order valence-electron chi connectivity index (χ3n) is 3.56. The molecule has 0 saturated heterocycles. The summed E-state index contributed by atoms with van der Waals surface area (Å²) < 4.78 is 1.63. The Labute approximate surface area is 160 Å². The molecule has 0 aliphatic rings. The highest BCUT2D eigenvalue weighted by Crippen LogP contribution is 2.25. The van der Waals surface area contributed by atoms with Gasteiger partial charge in [0.15, 0.2) is 5.15 Å². The van der Waals surface area contributed by atoms with E-state index in [4.69, 9.17) is 11.6 Å². The van der Waals surface area contributed by atoms with Crippen LogP contribution < -0.4 is 5.32 Å². The maximum atomic E-state index is 12.5. The molecule has 9 heteroatoms. The lowest BCUT2D eigenvalue weighted by molar-refractivity contribution is -0.115. The molecule has 26 heavy (non-hydrogen) atoms. The van der Waals surface area contributed by atoms with Gasteiger partial charge in [-0.2, -0.15) is 4.68 Å². The predicted molar refractivity (Wildman–Crippen MR) is 102 cm³/mol. The van der Waals surface area contributed by atoms with Crippen molar-refractivity contribution >= 4 is 35.0 Å². The van der Waals surface area contributed by atoms with Crippen molar-refractivity contribution in [2.45, 2.75) is 31.2 Å². The van der Waals surface area contributed by atoms with Gasteiger partial charge in [0.25, 0.3) is 0 Å². The fraction of sp³-hybridized carbons (Fsp3) is 0.235. The molecule has 0 fully saturated rings. The van der Waals surface area contributed by atoms with Crippen molar-refractivity contribution in [1.82, 2.24) is 25.2 Å². The monoisotopic (exact) mass is 388 g/mol. The number of anilines is 1. The van der Waals surface area contributed by atoms with Gasteiger partial charge in [-0.15, -0.1) is 5.10 Å². The summed E-state index contributed by atoms with van der Waals surface area (Å²) in [6.07, 6.45) is 1.56. The predicted octanol–water partition coefficient (Wildman–Crippen LogP) is 3.45. The van der Waals surface area contributed by atoms with Crippen molar-refractivity contribution in [3.63, 3.8) is 0 Å². The lowest BCUT2D eigenvalue weighted by Crippen LogP contribution is -2.23. The van der Waals surface area contributed by atoms with Gasteiger partial charge in [0.1, 0.15) is 0 Å². The van der Waals surface area contributed by atoms with E-state index in [1.807, 2.05) is 26.0 Å². The minimum atomic E-state index is -0.429. The van der Waals surface area contributed by atoms with Gasteiger partial charge < -0.3 is 5.32 Å². The number of nitrogens with one attached hydrogen (secondary N) is 1. The van der Waals surface area contributed by atoms with Crippen molar-refractivity contribution in [3.8, 4) is 5.69 Å². The van der Waals surface area contributed by atoms with Gasteiger partial charge in [0, 0.05) is 6.20 Å². The van der Waals surface area contributed by atoms with E-state index in [0.717, 1.165) is 16.8 Å². The highest BCUT2D eigenvalue weighted by Gasteiger charge is 2.20. The molecular weight excluding hydrogens is 372 g/mol. The van der Waals surface area contributed by atoms with Crippen molar-refractivity contribution < 1.29 is 4.79 Å². The molecule has 0 unspecified atom stereocenters. The Bertz CT molecular complexity index is 924. The van der Waals surface area contributed by atoms with E-state index in [0.29, 0.717) is 10.8 Å². The van der Waals surface area contributed by atoms with Crippen LogP contribution in [0.3, 0.4) is 0 Å². The number of carbonyl (C=O) groups excluding carboxylic acids is 1. The Morgan fingerprint density at radius 2 is 2.00 bits per heavy atom. The van der Waals surface area contributed by atoms with Crippen molar-refractivity contribution in [2.75, 3.05) is 5.32 Å². The number of thioether (sulfide) groups is 1. The van der Waals surface area contributed by atoms with Gasteiger partial charge in [-0.3, -0.25) is 4.79 Å². The molecule has 7 nitrogen and oxygen atoms in total. The summed E-state index contributed by atoms with van der Waals surface area (Å²) in [5, 5.41) is 15.0. The number of aromatic nitrogens is 5. The van der Waals surface area contributed by atoms with Crippen LogP contribution in [0.4, 0.5) is 5.69 Å². The number of hydrogen-bond donors (Lipinski definition) is 1. The van der Waals surface area contributed by atoms with E-state index in [2.05, 4.69) is 31.9 Å². The quantitative estimate of drug-likeness (QED) is 0.532. The molecular formula is C17H17ClN6OS. The third kappa shape index (κ3) is 4.20. The zero-order chi connectivity index (χ0) is 18.7. The fourth-order valence-electron chi connectivity index (χ4n) is 2.41. The zero-order valence-electron chi connectivity index (χ0n) is 14.5. The molecule has 0 spiro atoms. The van der Waals surface area contributed by atoms with Crippen LogP contribution in [0.5, 0.6) is 0 Å². The van der Waals surface area contributed by atoms with Crippen LogP contribution in [-0.4, -0.2) is 36.3 Å². The summed E-state index contributed by atoms with van der Waals surface area (Å²) in [5.41, 5.74) is 3.56. The van der Waals surface area contributed by atoms with Crippen LogP contribution >= 0.6 is 23.4 Å². The standard InChI is InChI=1S/C17H17ClN6OS/c1-10-7-11(2)9-13(8-10)24-17(21-22-23-24)26-12(3)16(25)20-14-5-4-6-19-15(14)18/h4-9,12H,1-3H3,(H,20,25)/t12-/m1/s1. The van der Waals surface area contributed by atoms with Gasteiger partial charge >= 0.3 is 0 Å². The smallest absolute Gasteiger partial charge is 0.237 e. The molecule has 0 aliphatic heterocycles. The van der Waals surface area contributed by atoms with Gasteiger partial charge in [-0.1, -0.05) is 29.4 Å². The topological polar surface area (TPSA) is 85.6 Å². The third-order valence-corrected chi connectivity index (χ3v) is 4.89. The van der Waals surface area contributed by atoms with Crippen LogP contribution in [0.25, 0.3) is 5.69 Å². The Hall–Kier alpha value is -2.45. The Kier molecular flexibility index (Phi) is 5.53. The number of pyridine rings is 1. The second-order valence-corrected chi connectivity index (χ2v) is 7.48. The maximum absolute atomic E-state index is 12.5. The van der Waals surface area contributed by atoms with Crippen molar-refractivity contribution in [1.29, 1.82) is 0 Å². The summed E-state index contributed by atoms with van der Waals surface area (Å²) in [7, 11) is 0. The number of benzene rings is 1. The van der Waals surface area contributed by atoms with Crippen LogP contribution in [0.15, 0.2) is 41.7 Å². The van der Waals surface area contributed by atoms with E-state index in [1.165, 1.54) is 11.8 Å². The van der Waals surface area contributed by atoms with E-state index >= 15 is 0 Å². The minimum absolute atomic E-state index is 0.208. The zero-order valence-corrected chi connectivity index (χ0v) is 16.0. The van der Waals surface area contributed by atoms with E-state index in [-0.39, 0.29) is 11.1 Å². The Morgan fingerprint density at radius 3 is 2.69 bits per heavy atom. The van der Waals surface area contributed by atoms with Gasteiger partial charge in [0.2, 0.25) is 11.1 Å².